The molecule has 1 fully saturated rings. The molecule has 1 amide bonds. The van der Waals surface area contributed by atoms with Crippen LogP contribution in [-0.2, 0) is 4.79 Å². The fourth-order valence-electron chi connectivity index (χ4n) is 3.42. The molecular weight excluding hydrogens is 354 g/mol. The summed E-state index contributed by atoms with van der Waals surface area (Å²) in [5.41, 5.74) is 2.06. The van der Waals surface area contributed by atoms with Crippen molar-refractivity contribution >= 4 is 11.6 Å². The topological polar surface area (TPSA) is 76.3 Å². The van der Waals surface area contributed by atoms with Crippen LogP contribution < -0.4 is 0 Å². The number of alkyl halides is 2. The summed E-state index contributed by atoms with van der Waals surface area (Å²) in [5.74, 6) is 0.174. The normalized spacial score (nSPS) is 17.6. The van der Waals surface area contributed by atoms with Crippen molar-refractivity contribution in [2.24, 2.45) is 0 Å². The third kappa shape index (κ3) is 3.36. The highest BCUT2D eigenvalue weighted by Gasteiger charge is 2.24. The monoisotopic (exact) mass is 372 g/mol. The number of imidazole rings is 1. The number of carbonyl (C=O) groups is 1. The van der Waals surface area contributed by atoms with Gasteiger partial charge in [0.2, 0.25) is 5.91 Å². The minimum Gasteiger partial charge on any atom is -0.342 e. The molecular formula is C18H18F2N6O. The van der Waals surface area contributed by atoms with Crippen LogP contribution in [0.4, 0.5) is 8.78 Å². The number of amides is 1. The Morgan fingerprint density at radius 1 is 1.26 bits per heavy atom. The molecule has 9 heteroatoms. The van der Waals surface area contributed by atoms with Gasteiger partial charge in [-0.3, -0.25) is 4.79 Å². The third-order valence-electron chi connectivity index (χ3n) is 4.84. The zero-order valence-corrected chi connectivity index (χ0v) is 14.7. The molecule has 7 nitrogen and oxygen atoms in total. The first-order valence-electron chi connectivity index (χ1n) is 8.73. The van der Waals surface area contributed by atoms with Crippen LogP contribution in [0.15, 0.2) is 30.7 Å². The summed E-state index contributed by atoms with van der Waals surface area (Å²) < 4.78 is 27.4. The quantitative estimate of drug-likeness (QED) is 0.707. The van der Waals surface area contributed by atoms with Crippen molar-refractivity contribution in [1.29, 1.82) is 0 Å². The van der Waals surface area contributed by atoms with Gasteiger partial charge in [-0.1, -0.05) is 0 Å². The lowest BCUT2D eigenvalue weighted by atomic mass is 9.94. The summed E-state index contributed by atoms with van der Waals surface area (Å²) in [4.78, 5) is 26.4. The van der Waals surface area contributed by atoms with Gasteiger partial charge in [-0.25, -0.2) is 28.2 Å². The van der Waals surface area contributed by atoms with Crippen molar-refractivity contribution in [2.75, 3.05) is 13.1 Å². The Labute approximate surface area is 154 Å². The van der Waals surface area contributed by atoms with Gasteiger partial charge < -0.3 is 4.90 Å². The van der Waals surface area contributed by atoms with Crippen molar-refractivity contribution in [2.45, 2.75) is 32.1 Å². The number of piperidine rings is 1. The Morgan fingerprint density at radius 2 is 2.11 bits per heavy atom. The molecule has 0 aliphatic carbocycles. The Hall–Kier alpha value is -2.97. The van der Waals surface area contributed by atoms with Gasteiger partial charge in [0.25, 0.3) is 6.43 Å². The van der Waals surface area contributed by atoms with E-state index < -0.39 is 6.43 Å². The maximum Gasteiger partial charge on any atom is 0.282 e. The number of rotatable bonds is 3. The highest BCUT2D eigenvalue weighted by atomic mass is 19.3. The maximum absolute atomic E-state index is 13.0. The molecule has 0 N–H and O–H groups in total. The first-order valence-corrected chi connectivity index (χ1v) is 8.73. The van der Waals surface area contributed by atoms with E-state index in [-0.39, 0.29) is 17.5 Å². The molecule has 140 valence electrons. The fourth-order valence-corrected chi connectivity index (χ4v) is 3.42. The standard InChI is InChI=1S/C18H18F2N6O/c1-11(27)25-6-2-3-12(9-25)14-7-15(23-10-22-14)16-8-21-17-5-4-13(18(19)20)24-26(16)17/h4-5,7-8,10,12,18H,2-3,6,9H2,1H3. The Bertz CT molecular complexity index is 989. The van der Waals surface area contributed by atoms with Gasteiger partial charge in [-0.15, -0.1) is 0 Å². The van der Waals surface area contributed by atoms with Crippen LogP contribution in [0.2, 0.25) is 0 Å². The average molecular weight is 372 g/mol. The number of likely N-dealkylation sites (tertiary alicyclic amines) is 1. The molecule has 3 aromatic heterocycles. The molecule has 4 heterocycles. The largest absolute Gasteiger partial charge is 0.342 e. The van der Waals surface area contributed by atoms with Crippen LogP contribution in [0.3, 0.4) is 0 Å². The molecule has 0 aromatic carbocycles. The van der Waals surface area contributed by atoms with Crippen molar-refractivity contribution < 1.29 is 13.6 Å². The van der Waals surface area contributed by atoms with Crippen LogP contribution in [0.25, 0.3) is 17.0 Å². The van der Waals surface area contributed by atoms with Crippen LogP contribution in [0.5, 0.6) is 0 Å². The van der Waals surface area contributed by atoms with E-state index in [0.717, 1.165) is 25.1 Å². The van der Waals surface area contributed by atoms with E-state index in [1.807, 2.05) is 11.0 Å². The number of halogens is 2. The number of carbonyl (C=O) groups excluding carboxylic acids is 1. The molecule has 1 saturated heterocycles. The van der Waals surface area contributed by atoms with E-state index >= 15 is 0 Å². The molecule has 3 aromatic rings. The average Bonchev–Trinajstić information content (AvgIpc) is 3.11. The van der Waals surface area contributed by atoms with E-state index in [2.05, 4.69) is 20.1 Å². The summed E-state index contributed by atoms with van der Waals surface area (Å²) in [6, 6.07) is 4.60. The molecule has 1 unspecified atom stereocenters. The van der Waals surface area contributed by atoms with Crippen LogP contribution >= 0.6 is 0 Å². The van der Waals surface area contributed by atoms with Crippen molar-refractivity contribution in [3.63, 3.8) is 0 Å². The molecule has 0 saturated carbocycles. The van der Waals surface area contributed by atoms with E-state index in [1.54, 1.807) is 13.1 Å². The predicted molar refractivity (Wildman–Crippen MR) is 93.2 cm³/mol. The summed E-state index contributed by atoms with van der Waals surface area (Å²) in [6.45, 7) is 2.95. The molecule has 1 aliphatic rings. The number of hydrogen-bond acceptors (Lipinski definition) is 5. The maximum atomic E-state index is 13.0. The van der Waals surface area contributed by atoms with Crippen molar-refractivity contribution in [3.05, 3.63) is 42.1 Å². The summed E-state index contributed by atoms with van der Waals surface area (Å²) in [6.07, 6.45) is 2.20. The molecule has 0 radical (unpaired) electrons. The number of nitrogens with zero attached hydrogens (tertiary/aromatic N) is 6. The lowest BCUT2D eigenvalue weighted by molar-refractivity contribution is -0.130. The summed E-state index contributed by atoms with van der Waals surface area (Å²) in [7, 11) is 0. The number of aromatic nitrogens is 5. The van der Waals surface area contributed by atoms with E-state index in [4.69, 9.17) is 0 Å². The van der Waals surface area contributed by atoms with Crippen LogP contribution in [0, 0.1) is 0 Å². The molecule has 27 heavy (non-hydrogen) atoms. The minimum atomic E-state index is -2.66. The number of hydrogen-bond donors (Lipinski definition) is 0. The first-order chi connectivity index (χ1) is 13.0. The molecule has 0 spiro atoms. The van der Waals surface area contributed by atoms with E-state index in [0.29, 0.717) is 23.6 Å². The summed E-state index contributed by atoms with van der Waals surface area (Å²) in [5, 5.41) is 3.98. The fraction of sp³-hybridized carbons (Fsp3) is 0.389. The van der Waals surface area contributed by atoms with Crippen LogP contribution in [-0.4, -0.2) is 48.5 Å². The van der Waals surface area contributed by atoms with Gasteiger partial charge in [0.05, 0.1) is 11.9 Å². The minimum absolute atomic E-state index is 0.0551. The second kappa shape index (κ2) is 6.98. The van der Waals surface area contributed by atoms with Crippen molar-refractivity contribution in [3.8, 4) is 11.4 Å². The van der Waals surface area contributed by atoms with Gasteiger partial charge in [0.1, 0.15) is 17.7 Å². The molecule has 1 atom stereocenters. The highest BCUT2D eigenvalue weighted by molar-refractivity contribution is 5.73. The highest BCUT2D eigenvalue weighted by Crippen LogP contribution is 2.28. The van der Waals surface area contributed by atoms with Gasteiger partial charge in [0, 0.05) is 31.6 Å². The van der Waals surface area contributed by atoms with Gasteiger partial charge >= 0.3 is 0 Å². The molecule has 0 bridgehead atoms. The van der Waals surface area contributed by atoms with Crippen LogP contribution in [0.1, 0.15) is 43.5 Å². The Balaban J connectivity index is 1.69. The molecule has 1 aliphatic heterocycles. The zero-order valence-electron chi connectivity index (χ0n) is 14.7. The lowest BCUT2D eigenvalue weighted by Gasteiger charge is -2.31. The second-order valence-electron chi connectivity index (χ2n) is 6.60. The molecule has 4 rings (SSSR count). The van der Waals surface area contributed by atoms with E-state index in [1.165, 1.54) is 23.0 Å². The van der Waals surface area contributed by atoms with Gasteiger partial charge in [-0.05, 0) is 31.0 Å². The van der Waals surface area contributed by atoms with Gasteiger partial charge in [-0.2, -0.15) is 5.10 Å². The van der Waals surface area contributed by atoms with E-state index in [9.17, 15) is 13.6 Å². The Morgan fingerprint density at radius 3 is 2.89 bits per heavy atom. The SMILES string of the molecule is CC(=O)N1CCCC(c2cc(-c3cnc4ccc(C(F)F)nn34)ncn2)C1. The second-order valence-corrected chi connectivity index (χ2v) is 6.60. The lowest BCUT2D eigenvalue weighted by Crippen LogP contribution is -2.37. The van der Waals surface area contributed by atoms with Crippen molar-refractivity contribution in [1.82, 2.24) is 29.5 Å². The smallest absolute Gasteiger partial charge is 0.282 e. The Kier molecular flexibility index (Phi) is 4.51. The zero-order chi connectivity index (χ0) is 19.0. The van der Waals surface area contributed by atoms with Gasteiger partial charge in [0.15, 0.2) is 5.65 Å². The number of fused-ring (bicyclic) bond motifs is 1. The predicted octanol–water partition coefficient (Wildman–Crippen LogP) is 2.85. The summed E-state index contributed by atoms with van der Waals surface area (Å²) >= 11 is 0. The first kappa shape index (κ1) is 17.4. The third-order valence-corrected chi connectivity index (χ3v) is 4.84.